The van der Waals surface area contributed by atoms with E-state index >= 15 is 0 Å². The molecule has 1 amide bonds. The van der Waals surface area contributed by atoms with Crippen molar-refractivity contribution in [2.75, 3.05) is 13.2 Å². The summed E-state index contributed by atoms with van der Waals surface area (Å²) in [6.45, 7) is 1.30. The van der Waals surface area contributed by atoms with Crippen LogP contribution in [0.1, 0.15) is 29.8 Å². The molecule has 7 nitrogen and oxygen atoms in total. The van der Waals surface area contributed by atoms with Gasteiger partial charge in [0.15, 0.2) is 11.5 Å². The molecule has 3 unspecified atom stereocenters. The summed E-state index contributed by atoms with van der Waals surface area (Å²) in [5.41, 5.74) is 1.05. The van der Waals surface area contributed by atoms with Crippen molar-refractivity contribution < 1.29 is 18.7 Å². The average molecular weight is 317 g/mol. The number of amides is 1. The van der Waals surface area contributed by atoms with Crippen molar-refractivity contribution >= 4 is 5.91 Å². The molecule has 0 bridgehead atoms. The SMILES string of the molecule is O=C(NC1CCC2OCCOC2C1)c1cc(-c2ccco2)[nH]n1. The Morgan fingerprint density at radius 1 is 1.26 bits per heavy atom. The molecule has 7 heteroatoms. The molecule has 1 aliphatic heterocycles. The van der Waals surface area contributed by atoms with Crippen molar-refractivity contribution in [3.8, 4) is 11.5 Å². The first-order valence-electron chi connectivity index (χ1n) is 7.93. The average Bonchev–Trinajstić information content (AvgIpc) is 3.26. The molecule has 1 saturated heterocycles. The predicted molar refractivity (Wildman–Crippen MR) is 80.9 cm³/mol. The lowest BCUT2D eigenvalue weighted by atomic mass is 9.89. The van der Waals surface area contributed by atoms with Gasteiger partial charge >= 0.3 is 0 Å². The summed E-state index contributed by atoms with van der Waals surface area (Å²) in [6.07, 6.45) is 4.43. The second-order valence-corrected chi connectivity index (χ2v) is 5.95. The molecule has 2 aliphatic rings. The molecular formula is C16H19N3O4. The van der Waals surface area contributed by atoms with Gasteiger partial charge in [-0.3, -0.25) is 9.89 Å². The highest BCUT2D eigenvalue weighted by atomic mass is 16.6. The number of hydrogen-bond donors (Lipinski definition) is 2. The van der Waals surface area contributed by atoms with Gasteiger partial charge < -0.3 is 19.2 Å². The molecule has 0 radical (unpaired) electrons. The Labute approximate surface area is 133 Å². The number of rotatable bonds is 3. The van der Waals surface area contributed by atoms with E-state index < -0.39 is 0 Å². The second-order valence-electron chi connectivity index (χ2n) is 5.95. The highest BCUT2D eigenvalue weighted by Crippen LogP contribution is 2.27. The molecule has 2 fully saturated rings. The zero-order valence-corrected chi connectivity index (χ0v) is 12.7. The van der Waals surface area contributed by atoms with Gasteiger partial charge in [0.2, 0.25) is 0 Å². The lowest BCUT2D eigenvalue weighted by molar-refractivity contribution is -0.157. The molecule has 0 spiro atoms. The third-order valence-corrected chi connectivity index (χ3v) is 4.41. The Balaban J connectivity index is 1.38. The van der Waals surface area contributed by atoms with E-state index in [4.69, 9.17) is 13.9 Å². The van der Waals surface area contributed by atoms with Gasteiger partial charge in [-0.2, -0.15) is 5.10 Å². The molecular weight excluding hydrogens is 298 g/mol. The van der Waals surface area contributed by atoms with Crippen LogP contribution in [0.2, 0.25) is 0 Å². The van der Waals surface area contributed by atoms with Crippen molar-refractivity contribution in [2.45, 2.75) is 37.5 Å². The molecule has 23 heavy (non-hydrogen) atoms. The molecule has 3 heterocycles. The molecule has 1 saturated carbocycles. The fourth-order valence-electron chi connectivity index (χ4n) is 3.25. The van der Waals surface area contributed by atoms with E-state index in [2.05, 4.69) is 15.5 Å². The first-order chi connectivity index (χ1) is 11.3. The number of ether oxygens (including phenoxy) is 2. The van der Waals surface area contributed by atoms with Crippen LogP contribution in [-0.2, 0) is 9.47 Å². The maximum atomic E-state index is 12.4. The van der Waals surface area contributed by atoms with Crippen LogP contribution in [0.4, 0.5) is 0 Å². The van der Waals surface area contributed by atoms with E-state index in [0.29, 0.717) is 30.4 Å². The van der Waals surface area contributed by atoms with Gasteiger partial charge in [0.05, 0.1) is 31.7 Å². The van der Waals surface area contributed by atoms with E-state index in [9.17, 15) is 4.79 Å². The van der Waals surface area contributed by atoms with Crippen LogP contribution < -0.4 is 5.32 Å². The van der Waals surface area contributed by atoms with Crippen molar-refractivity contribution in [2.24, 2.45) is 0 Å². The van der Waals surface area contributed by atoms with Crippen LogP contribution in [0.25, 0.3) is 11.5 Å². The third kappa shape index (κ3) is 3.02. The number of aromatic amines is 1. The minimum absolute atomic E-state index is 0.0839. The van der Waals surface area contributed by atoms with Crippen LogP contribution in [0.5, 0.6) is 0 Å². The first-order valence-corrected chi connectivity index (χ1v) is 7.93. The summed E-state index contributed by atoms with van der Waals surface area (Å²) in [5, 5.41) is 9.93. The monoisotopic (exact) mass is 317 g/mol. The van der Waals surface area contributed by atoms with Crippen LogP contribution in [0.15, 0.2) is 28.9 Å². The Morgan fingerprint density at radius 3 is 2.96 bits per heavy atom. The Morgan fingerprint density at radius 2 is 2.13 bits per heavy atom. The van der Waals surface area contributed by atoms with E-state index in [1.807, 2.05) is 6.07 Å². The summed E-state index contributed by atoms with van der Waals surface area (Å²) < 4.78 is 16.7. The van der Waals surface area contributed by atoms with Crippen molar-refractivity contribution in [3.63, 3.8) is 0 Å². The zero-order valence-electron chi connectivity index (χ0n) is 12.7. The molecule has 2 N–H and O–H groups in total. The summed E-state index contributed by atoms with van der Waals surface area (Å²) in [4.78, 5) is 12.4. The Bertz CT molecular complexity index is 667. The summed E-state index contributed by atoms with van der Waals surface area (Å²) in [7, 11) is 0. The maximum absolute atomic E-state index is 12.4. The standard InChI is InChI=1S/C16H19N3O4/c20-16(12-9-11(18-19-12)13-2-1-5-21-13)17-10-3-4-14-15(8-10)23-7-6-22-14/h1-2,5,9-10,14-15H,3-4,6-8H2,(H,17,20)(H,18,19). The largest absolute Gasteiger partial charge is 0.463 e. The van der Waals surface area contributed by atoms with Crippen LogP contribution in [-0.4, -0.2) is 47.6 Å². The van der Waals surface area contributed by atoms with Gasteiger partial charge in [0, 0.05) is 12.1 Å². The van der Waals surface area contributed by atoms with Crippen LogP contribution in [0, 0.1) is 0 Å². The molecule has 4 rings (SSSR count). The summed E-state index contributed by atoms with van der Waals surface area (Å²) >= 11 is 0. The Kier molecular flexibility index (Phi) is 3.88. The van der Waals surface area contributed by atoms with Gasteiger partial charge in [0.25, 0.3) is 5.91 Å². The second kappa shape index (κ2) is 6.17. The number of carbonyl (C=O) groups excluding carboxylic acids is 1. The molecule has 3 atom stereocenters. The number of carbonyl (C=O) groups is 1. The van der Waals surface area contributed by atoms with E-state index in [1.54, 1.807) is 18.4 Å². The minimum Gasteiger partial charge on any atom is -0.463 e. The number of nitrogens with one attached hydrogen (secondary N) is 2. The van der Waals surface area contributed by atoms with Gasteiger partial charge in [0.1, 0.15) is 5.69 Å². The minimum atomic E-state index is -0.181. The summed E-state index contributed by atoms with van der Waals surface area (Å²) in [5.74, 6) is 0.476. The topological polar surface area (TPSA) is 89.4 Å². The lowest BCUT2D eigenvalue weighted by Crippen LogP contribution is -2.49. The van der Waals surface area contributed by atoms with Gasteiger partial charge in [-0.1, -0.05) is 0 Å². The number of aromatic nitrogens is 2. The maximum Gasteiger partial charge on any atom is 0.272 e. The number of H-pyrrole nitrogens is 1. The van der Waals surface area contributed by atoms with E-state index in [0.717, 1.165) is 19.3 Å². The van der Waals surface area contributed by atoms with Crippen molar-refractivity contribution in [1.82, 2.24) is 15.5 Å². The number of nitrogens with zero attached hydrogens (tertiary/aromatic N) is 1. The zero-order chi connectivity index (χ0) is 15.6. The van der Waals surface area contributed by atoms with Crippen LogP contribution >= 0.6 is 0 Å². The molecule has 122 valence electrons. The molecule has 1 aliphatic carbocycles. The third-order valence-electron chi connectivity index (χ3n) is 4.41. The van der Waals surface area contributed by atoms with Crippen molar-refractivity contribution in [1.29, 1.82) is 0 Å². The molecule has 0 aromatic carbocycles. The predicted octanol–water partition coefficient (Wildman–Crippen LogP) is 1.74. The van der Waals surface area contributed by atoms with Gasteiger partial charge in [-0.05, 0) is 31.4 Å². The highest BCUT2D eigenvalue weighted by molar-refractivity contribution is 5.93. The first kappa shape index (κ1) is 14.5. The molecule has 2 aromatic heterocycles. The van der Waals surface area contributed by atoms with Gasteiger partial charge in [-0.25, -0.2) is 0 Å². The normalized spacial score (nSPS) is 27.4. The number of furan rings is 1. The lowest BCUT2D eigenvalue weighted by Gasteiger charge is -2.38. The quantitative estimate of drug-likeness (QED) is 0.900. The van der Waals surface area contributed by atoms with Crippen LogP contribution in [0.3, 0.4) is 0 Å². The molecule has 2 aromatic rings. The van der Waals surface area contributed by atoms with Crippen molar-refractivity contribution in [3.05, 3.63) is 30.2 Å². The fourth-order valence-corrected chi connectivity index (χ4v) is 3.25. The number of fused-ring (bicyclic) bond motifs is 1. The number of hydrogen-bond acceptors (Lipinski definition) is 5. The van der Waals surface area contributed by atoms with E-state index in [1.165, 1.54) is 0 Å². The summed E-state index contributed by atoms with van der Waals surface area (Å²) in [6, 6.07) is 5.39. The highest BCUT2D eigenvalue weighted by Gasteiger charge is 2.34. The van der Waals surface area contributed by atoms with Gasteiger partial charge in [-0.15, -0.1) is 0 Å². The smallest absolute Gasteiger partial charge is 0.272 e. The fraction of sp³-hybridized carbons (Fsp3) is 0.500. The Hall–Kier alpha value is -2.12. The van der Waals surface area contributed by atoms with E-state index in [-0.39, 0.29) is 24.2 Å².